The van der Waals surface area contributed by atoms with Gasteiger partial charge in [0.1, 0.15) is 11.9 Å². The Morgan fingerprint density at radius 2 is 2.31 bits per heavy atom. The molecule has 0 aliphatic carbocycles. The van der Waals surface area contributed by atoms with E-state index in [1.165, 1.54) is 0 Å². The first kappa shape index (κ1) is 11.3. The Bertz CT molecular complexity index is 480. The van der Waals surface area contributed by atoms with E-state index in [0.717, 1.165) is 15.9 Å². The van der Waals surface area contributed by atoms with E-state index in [1.54, 1.807) is 6.20 Å². The quantitative estimate of drug-likeness (QED) is 0.665. The molecular formula is C11H13BrN4. The number of hydrogen-bond acceptors (Lipinski definition) is 3. The highest BCUT2D eigenvalue weighted by molar-refractivity contribution is 9.10. The SMILES string of the molecule is Cn1ccnc1C(NN)c1cccc(Br)c1. The van der Waals surface area contributed by atoms with Crippen LogP contribution in [0.5, 0.6) is 0 Å². The summed E-state index contributed by atoms with van der Waals surface area (Å²) in [6, 6.07) is 7.91. The average Bonchev–Trinajstić information content (AvgIpc) is 2.67. The summed E-state index contributed by atoms with van der Waals surface area (Å²) >= 11 is 3.45. The first-order valence-electron chi connectivity index (χ1n) is 4.91. The molecule has 0 saturated carbocycles. The molecule has 4 nitrogen and oxygen atoms in total. The largest absolute Gasteiger partial charge is 0.336 e. The van der Waals surface area contributed by atoms with Crippen LogP contribution in [0.2, 0.25) is 0 Å². The van der Waals surface area contributed by atoms with Gasteiger partial charge in [0.05, 0.1) is 0 Å². The summed E-state index contributed by atoms with van der Waals surface area (Å²) in [5.74, 6) is 6.49. The molecule has 2 aromatic rings. The Labute approximate surface area is 103 Å². The summed E-state index contributed by atoms with van der Waals surface area (Å²) in [5.41, 5.74) is 3.86. The van der Waals surface area contributed by atoms with Crippen molar-refractivity contribution in [2.75, 3.05) is 0 Å². The molecule has 2 rings (SSSR count). The second-order valence-electron chi connectivity index (χ2n) is 3.55. The lowest BCUT2D eigenvalue weighted by atomic mass is 10.1. The molecule has 0 fully saturated rings. The van der Waals surface area contributed by atoms with E-state index in [2.05, 4.69) is 26.3 Å². The first-order valence-corrected chi connectivity index (χ1v) is 5.70. The predicted molar refractivity (Wildman–Crippen MR) is 66.5 cm³/mol. The van der Waals surface area contributed by atoms with Gasteiger partial charge >= 0.3 is 0 Å². The van der Waals surface area contributed by atoms with Crippen molar-refractivity contribution < 1.29 is 0 Å². The van der Waals surface area contributed by atoms with Gasteiger partial charge in [-0.15, -0.1) is 0 Å². The molecule has 1 aromatic heterocycles. The Balaban J connectivity index is 2.40. The zero-order valence-corrected chi connectivity index (χ0v) is 10.5. The summed E-state index contributed by atoms with van der Waals surface area (Å²) in [6.07, 6.45) is 3.66. The summed E-state index contributed by atoms with van der Waals surface area (Å²) < 4.78 is 2.98. The van der Waals surface area contributed by atoms with Crippen LogP contribution in [-0.4, -0.2) is 9.55 Å². The van der Waals surface area contributed by atoms with Gasteiger partial charge in [0, 0.05) is 23.9 Å². The molecule has 0 aliphatic heterocycles. The monoisotopic (exact) mass is 280 g/mol. The molecule has 16 heavy (non-hydrogen) atoms. The molecule has 0 amide bonds. The van der Waals surface area contributed by atoms with Gasteiger partial charge < -0.3 is 4.57 Å². The Kier molecular flexibility index (Phi) is 3.38. The molecule has 1 aromatic carbocycles. The van der Waals surface area contributed by atoms with Crippen molar-refractivity contribution >= 4 is 15.9 Å². The normalized spacial score (nSPS) is 12.7. The first-order chi connectivity index (χ1) is 7.72. The van der Waals surface area contributed by atoms with Gasteiger partial charge in [0.2, 0.25) is 0 Å². The van der Waals surface area contributed by atoms with Gasteiger partial charge in [-0.1, -0.05) is 28.1 Å². The van der Waals surface area contributed by atoms with Gasteiger partial charge in [-0.3, -0.25) is 5.84 Å². The summed E-state index contributed by atoms with van der Waals surface area (Å²) in [5, 5.41) is 0. The smallest absolute Gasteiger partial charge is 0.131 e. The molecule has 84 valence electrons. The van der Waals surface area contributed by atoms with E-state index in [9.17, 15) is 0 Å². The molecule has 0 saturated heterocycles. The number of rotatable bonds is 3. The van der Waals surface area contributed by atoms with Gasteiger partial charge in [0.15, 0.2) is 0 Å². The van der Waals surface area contributed by atoms with Crippen molar-refractivity contribution in [3.05, 3.63) is 52.5 Å². The van der Waals surface area contributed by atoms with Crippen LogP contribution in [0.4, 0.5) is 0 Å². The third kappa shape index (κ3) is 2.16. The fourth-order valence-electron chi connectivity index (χ4n) is 1.66. The van der Waals surface area contributed by atoms with Gasteiger partial charge in [0.25, 0.3) is 0 Å². The Morgan fingerprint density at radius 1 is 1.50 bits per heavy atom. The number of imidazole rings is 1. The van der Waals surface area contributed by atoms with E-state index < -0.39 is 0 Å². The Hall–Kier alpha value is -1.17. The van der Waals surface area contributed by atoms with E-state index in [4.69, 9.17) is 5.84 Å². The highest BCUT2D eigenvalue weighted by Gasteiger charge is 2.16. The van der Waals surface area contributed by atoms with Crippen molar-refractivity contribution in [3.63, 3.8) is 0 Å². The molecule has 5 heteroatoms. The van der Waals surface area contributed by atoms with Crippen molar-refractivity contribution in [3.8, 4) is 0 Å². The van der Waals surface area contributed by atoms with Crippen LogP contribution in [0.1, 0.15) is 17.4 Å². The van der Waals surface area contributed by atoms with Crippen molar-refractivity contribution in [1.29, 1.82) is 0 Å². The maximum absolute atomic E-state index is 5.60. The van der Waals surface area contributed by atoms with Crippen LogP contribution < -0.4 is 11.3 Å². The summed E-state index contributed by atoms with van der Waals surface area (Å²) in [6.45, 7) is 0. The number of hydrogen-bond donors (Lipinski definition) is 2. The van der Waals surface area contributed by atoms with E-state index >= 15 is 0 Å². The number of aromatic nitrogens is 2. The second kappa shape index (κ2) is 4.78. The average molecular weight is 281 g/mol. The molecule has 1 unspecified atom stereocenters. The molecule has 0 bridgehead atoms. The number of halogens is 1. The summed E-state index contributed by atoms with van der Waals surface area (Å²) in [7, 11) is 1.95. The second-order valence-corrected chi connectivity index (χ2v) is 4.47. The van der Waals surface area contributed by atoms with Crippen molar-refractivity contribution in [2.24, 2.45) is 12.9 Å². The minimum Gasteiger partial charge on any atom is -0.336 e. The number of nitrogens with zero attached hydrogens (tertiary/aromatic N) is 2. The number of nitrogens with two attached hydrogens (primary N) is 1. The molecule has 0 aliphatic rings. The topological polar surface area (TPSA) is 55.9 Å². The van der Waals surface area contributed by atoms with Gasteiger partial charge in [-0.2, -0.15) is 0 Å². The van der Waals surface area contributed by atoms with E-state index in [0.29, 0.717) is 0 Å². The van der Waals surface area contributed by atoms with E-state index in [-0.39, 0.29) is 6.04 Å². The maximum atomic E-state index is 5.60. The van der Waals surface area contributed by atoms with Crippen LogP contribution in [-0.2, 0) is 7.05 Å². The number of benzene rings is 1. The standard InChI is InChI=1S/C11H13BrN4/c1-16-6-5-14-11(16)10(15-13)8-3-2-4-9(12)7-8/h2-7,10,15H,13H2,1H3. The molecule has 1 atom stereocenters. The molecule has 0 spiro atoms. The van der Waals surface area contributed by atoms with Crippen LogP contribution in [0.3, 0.4) is 0 Å². The highest BCUT2D eigenvalue weighted by atomic mass is 79.9. The van der Waals surface area contributed by atoms with Gasteiger partial charge in [-0.05, 0) is 17.7 Å². The third-order valence-corrected chi connectivity index (χ3v) is 2.96. The van der Waals surface area contributed by atoms with Crippen molar-refractivity contribution in [1.82, 2.24) is 15.0 Å². The molecule has 0 radical (unpaired) electrons. The van der Waals surface area contributed by atoms with Crippen molar-refractivity contribution in [2.45, 2.75) is 6.04 Å². The fraction of sp³-hybridized carbons (Fsp3) is 0.182. The molecular weight excluding hydrogens is 268 g/mol. The minimum atomic E-state index is -0.0995. The van der Waals surface area contributed by atoms with E-state index in [1.807, 2.05) is 42.1 Å². The zero-order valence-electron chi connectivity index (χ0n) is 8.89. The molecule has 3 N–H and O–H groups in total. The minimum absolute atomic E-state index is 0.0995. The van der Waals surface area contributed by atoms with Crippen LogP contribution in [0, 0.1) is 0 Å². The predicted octanol–water partition coefficient (Wildman–Crippen LogP) is 1.74. The third-order valence-electron chi connectivity index (χ3n) is 2.47. The lowest BCUT2D eigenvalue weighted by Crippen LogP contribution is -2.30. The Morgan fingerprint density at radius 3 is 2.88 bits per heavy atom. The lowest BCUT2D eigenvalue weighted by molar-refractivity contribution is 0.580. The maximum Gasteiger partial charge on any atom is 0.131 e. The highest BCUT2D eigenvalue weighted by Crippen LogP contribution is 2.22. The number of hydrazine groups is 1. The lowest BCUT2D eigenvalue weighted by Gasteiger charge is -2.16. The zero-order chi connectivity index (χ0) is 11.5. The fourth-order valence-corrected chi connectivity index (χ4v) is 2.08. The number of nitrogens with one attached hydrogen (secondary N) is 1. The van der Waals surface area contributed by atoms with Gasteiger partial charge in [-0.25, -0.2) is 10.4 Å². The van der Waals surface area contributed by atoms with Crippen LogP contribution >= 0.6 is 15.9 Å². The summed E-state index contributed by atoms with van der Waals surface area (Å²) in [4.78, 5) is 4.30. The van der Waals surface area contributed by atoms with Crippen LogP contribution in [0.25, 0.3) is 0 Å². The number of aryl methyl sites for hydroxylation is 1. The molecule has 1 heterocycles. The van der Waals surface area contributed by atoms with Crippen LogP contribution in [0.15, 0.2) is 41.1 Å².